The lowest BCUT2D eigenvalue weighted by atomic mass is 9.70. The monoisotopic (exact) mass is 420 g/mol. The summed E-state index contributed by atoms with van der Waals surface area (Å²) in [5.41, 5.74) is -0.564. The van der Waals surface area contributed by atoms with Crippen LogP contribution in [0.25, 0.3) is 0 Å². The molecular formula is C19H15Cl2FN4O2. The van der Waals surface area contributed by atoms with E-state index in [1.54, 1.807) is 24.3 Å². The van der Waals surface area contributed by atoms with E-state index >= 15 is 4.39 Å². The molecule has 3 aliphatic heterocycles. The number of piperidine rings is 1. The number of nitrogens with zero attached hydrogens (tertiary/aromatic N) is 1. The molecule has 6 nitrogen and oxygen atoms in total. The SMILES string of the molecule is O=C1NCCC2NC3(C(=O)Nc4nc(Cl)ccc43)[C@@H](c3cccc(Cl)c3F)[C@H]12. The zero-order chi connectivity index (χ0) is 19.6. The van der Waals surface area contributed by atoms with Gasteiger partial charge in [-0.05, 0) is 30.2 Å². The summed E-state index contributed by atoms with van der Waals surface area (Å²) in [6, 6.07) is 7.63. The smallest absolute Gasteiger partial charge is 0.251 e. The van der Waals surface area contributed by atoms with Crippen LogP contribution in [0.5, 0.6) is 0 Å². The highest BCUT2D eigenvalue weighted by Gasteiger charge is 2.65. The molecule has 1 aromatic heterocycles. The van der Waals surface area contributed by atoms with Crippen LogP contribution >= 0.6 is 23.2 Å². The summed E-state index contributed by atoms with van der Waals surface area (Å²) in [6.45, 7) is 0.487. The summed E-state index contributed by atoms with van der Waals surface area (Å²) in [6.07, 6.45) is 0.625. The number of hydrogen-bond donors (Lipinski definition) is 3. The van der Waals surface area contributed by atoms with Crippen LogP contribution in [0.1, 0.15) is 23.5 Å². The van der Waals surface area contributed by atoms with Gasteiger partial charge in [0.15, 0.2) is 0 Å². The van der Waals surface area contributed by atoms with Crippen molar-refractivity contribution in [1.82, 2.24) is 15.6 Å². The van der Waals surface area contributed by atoms with Gasteiger partial charge in [-0.25, -0.2) is 9.37 Å². The van der Waals surface area contributed by atoms with E-state index in [1.165, 1.54) is 6.07 Å². The molecule has 1 aromatic carbocycles. The highest BCUT2D eigenvalue weighted by atomic mass is 35.5. The molecule has 0 radical (unpaired) electrons. The van der Waals surface area contributed by atoms with Gasteiger partial charge in [0.2, 0.25) is 5.91 Å². The van der Waals surface area contributed by atoms with E-state index in [0.29, 0.717) is 24.3 Å². The summed E-state index contributed by atoms with van der Waals surface area (Å²) in [7, 11) is 0. The predicted molar refractivity (Wildman–Crippen MR) is 102 cm³/mol. The number of halogens is 3. The van der Waals surface area contributed by atoms with Crippen LogP contribution < -0.4 is 16.0 Å². The quantitative estimate of drug-likeness (QED) is 0.619. The van der Waals surface area contributed by atoms with Gasteiger partial charge in [-0.15, -0.1) is 0 Å². The second-order valence-corrected chi connectivity index (χ2v) is 8.06. The number of rotatable bonds is 1. The molecule has 28 heavy (non-hydrogen) atoms. The average molecular weight is 421 g/mol. The van der Waals surface area contributed by atoms with Crippen LogP contribution in [0.3, 0.4) is 0 Å². The van der Waals surface area contributed by atoms with E-state index in [4.69, 9.17) is 23.2 Å². The lowest BCUT2D eigenvalue weighted by molar-refractivity contribution is -0.127. The summed E-state index contributed by atoms with van der Waals surface area (Å²) in [5, 5.41) is 9.11. The third kappa shape index (κ3) is 2.27. The number of pyridine rings is 1. The summed E-state index contributed by atoms with van der Waals surface area (Å²) < 4.78 is 15.1. The van der Waals surface area contributed by atoms with Crippen molar-refractivity contribution in [2.45, 2.75) is 23.9 Å². The average Bonchev–Trinajstić information content (AvgIpc) is 3.14. The highest BCUT2D eigenvalue weighted by molar-refractivity contribution is 6.31. The van der Waals surface area contributed by atoms with Crippen LogP contribution in [0.2, 0.25) is 10.2 Å². The van der Waals surface area contributed by atoms with E-state index in [1.807, 2.05) is 0 Å². The Bertz CT molecular complexity index is 1030. The Morgan fingerprint density at radius 3 is 2.82 bits per heavy atom. The fourth-order valence-electron chi connectivity index (χ4n) is 4.84. The Hall–Kier alpha value is -2.22. The molecule has 0 saturated carbocycles. The first-order valence-electron chi connectivity index (χ1n) is 8.91. The molecule has 0 aliphatic carbocycles. The molecule has 1 spiro atoms. The highest BCUT2D eigenvalue weighted by Crippen LogP contribution is 2.55. The van der Waals surface area contributed by atoms with Gasteiger partial charge in [-0.2, -0.15) is 0 Å². The number of carbonyl (C=O) groups excluding carboxylic acids is 2. The fraction of sp³-hybridized carbons (Fsp3) is 0.316. The van der Waals surface area contributed by atoms with E-state index in [0.717, 1.165) is 0 Å². The second-order valence-electron chi connectivity index (χ2n) is 7.27. The Balaban J connectivity index is 1.78. The third-order valence-corrected chi connectivity index (χ3v) is 6.42. The molecule has 9 heteroatoms. The van der Waals surface area contributed by atoms with Crippen LogP contribution in [-0.2, 0) is 15.1 Å². The summed E-state index contributed by atoms with van der Waals surface area (Å²) in [4.78, 5) is 30.2. The van der Waals surface area contributed by atoms with Crippen molar-refractivity contribution in [3.63, 3.8) is 0 Å². The van der Waals surface area contributed by atoms with Crippen molar-refractivity contribution < 1.29 is 14.0 Å². The van der Waals surface area contributed by atoms with Gasteiger partial charge < -0.3 is 10.6 Å². The van der Waals surface area contributed by atoms with E-state index < -0.39 is 23.2 Å². The molecule has 5 rings (SSSR count). The first-order chi connectivity index (χ1) is 13.4. The van der Waals surface area contributed by atoms with E-state index in [-0.39, 0.29) is 33.6 Å². The standard InChI is InChI=1S/C19H15Cl2FN4O2/c20-10-3-1-2-8(15(10)22)14-13-11(6-7-23-17(13)27)26-19(14)9-4-5-12(21)24-16(9)25-18(19)28/h1-5,11,13-14,26H,6-7H2,(H,23,27)(H,24,25,28)/t11?,13-,14+,19?/m1/s1. The molecular weight excluding hydrogens is 406 g/mol. The maximum atomic E-state index is 15.1. The normalized spacial score (nSPS) is 30.8. The van der Waals surface area contributed by atoms with Crippen molar-refractivity contribution in [2.24, 2.45) is 5.92 Å². The van der Waals surface area contributed by atoms with Crippen molar-refractivity contribution >= 4 is 40.8 Å². The van der Waals surface area contributed by atoms with Crippen molar-refractivity contribution in [3.05, 3.63) is 57.5 Å². The van der Waals surface area contributed by atoms with Gasteiger partial charge >= 0.3 is 0 Å². The number of nitrogens with one attached hydrogen (secondary N) is 3. The van der Waals surface area contributed by atoms with Crippen LogP contribution in [0.4, 0.5) is 10.2 Å². The molecule has 3 N–H and O–H groups in total. The Kier molecular flexibility index (Phi) is 3.91. The van der Waals surface area contributed by atoms with Crippen molar-refractivity contribution in [2.75, 3.05) is 11.9 Å². The van der Waals surface area contributed by atoms with Gasteiger partial charge in [-0.3, -0.25) is 14.9 Å². The molecule has 2 amide bonds. The molecule has 0 bridgehead atoms. The maximum Gasteiger partial charge on any atom is 0.251 e. The molecule has 3 aliphatic rings. The Morgan fingerprint density at radius 1 is 1.18 bits per heavy atom. The predicted octanol–water partition coefficient (Wildman–Crippen LogP) is 2.57. The topological polar surface area (TPSA) is 83.1 Å². The molecule has 4 atom stereocenters. The number of anilines is 1. The van der Waals surface area contributed by atoms with Crippen LogP contribution in [0, 0.1) is 11.7 Å². The summed E-state index contributed by atoms with van der Waals surface area (Å²) in [5.74, 6) is -2.33. The lowest BCUT2D eigenvalue weighted by Crippen LogP contribution is -2.49. The van der Waals surface area contributed by atoms with Gasteiger partial charge in [-0.1, -0.05) is 35.3 Å². The first kappa shape index (κ1) is 17.8. The molecule has 2 aromatic rings. The fourth-order valence-corrected chi connectivity index (χ4v) is 5.17. The van der Waals surface area contributed by atoms with E-state index in [2.05, 4.69) is 20.9 Å². The number of aromatic nitrogens is 1. The number of amides is 2. The Morgan fingerprint density at radius 2 is 2.00 bits per heavy atom. The van der Waals surface area contributed by atoms with Gasteiger partial charge in [0.05, 0.1) is 10.9 Å². The number of hydrogen-bond acceptors (Lipinski definition) is 4. The van der Waals surface area contributed by atoms with Gasteiger partial charge in [0, 0.05) is 24.1 Å². The lowest BCUT2D eigenvalue weighted by Gasteiger charge is -2.32. The number of carbonyl (C=O) groups is 2. The largest absolute Gasteiger partial charge is 0.356 e. The second kappa shape index (κ2) is 6.14. The molecule has 2 saturated heterocycles. The van der Waals surface area contributed by atoms with Crippen LogP contribution in [-0.4, -0.2) is 29.4 Å². The minimum atomic E-state index is -1.34. The minimum absolute atomic E-state index is 0.0554. The van der Waals surface area contributed by atoms with Gasteiger partial charge in [0.25, 0.3) is 5.91 Å². The molecule has 2 fully saturated rings. The van der Waals surface area contributed by atoms with E-state index in [9.17, 15) is 9.59 Å². The molecule has 4 heterocycles. The van der Waals surface area contributed by atoms with Crippen LogP contribution in [0.15, 0.2) is 30.3 Å². The van der Waals surface area contributed by atoms with Gasteiger partial charge in [0.1, 0.15) is 22.3 Å². The molecule has 144 valence electrons. The number of benzene rings is 1. The summed E-state index contributed by atoms with van der Waals surface area (Å²) >= 11 is 12.0. The zero-order valence-corrected chi connectivity index (χ0v) is 15.9. The van der Waals surface area contributed by atoms with Crippen molar-refractivity contribution in [1.29, 1.82) is 0 Å². The molecule has 2 unspecified atom stereocenters. The first-order valence-corrected chi connectivity index (χ1v) is 9.67. The number of fused-ring (bicyclic) bond motifs is 3. The third-order valence-electron chi connectivity index (χ3n) is 5.92. The van der Waals surface area contributed by atoms with Crippen molar-refractivity contribution in [3.8, 4) is 0 Å². The maximum absolute atomic E-state index is 15.1. The minimum Gasteiger partial charge on any atom is -0.356 e. The Labute approximate surface area is 169 Å². The zero-order valence-electron chi connectivity index (χ0n) is 14.4.